The third kappa shape index (κ3) is 14.9. The average molecular weight is 679 g/mol. The lowest BCUT2D eigenvalue weighted by atomic mass is 10.0. The van der Waals surface area contributed by atoms with Crippen molar-refractivity contribution >= 4 is 47.4 Å². The summed E-state index contributed by atoms with van der Waals surface area (Å²) in [5, 5.41) is 31.5. The Morgan fingerprint density at radius 2 is 1.29 bits per heavy atom. The molecule has 1 rings (SSSR count). The maximum atomic E-state index is 13.2. The van der Waals surface area contributed by atoms with Gasteiger partial charge in [0.1, 0.15) is 30.2 Å². The van der Waals surface area contributed by atoms with Crippen LogP contribution in [0.1, 0.15) is 45.6 Å². The minimum Gasteiger partial charge on any atom is -0.480 e. The molecule has 0 bridgehead atoms. The monoisotopic (exact) mass is 678 g/mol. The van der Waals surface area contributed by atoms with Crippen LogP contribution in [0, 0.1) is 0 Å². The molecule has 48 heavy (non-hydrogen) atoms. The minimum absolute atomic E-state index is 0.000297. The molecule has 1 aromatic rings. The van der Waals surface area contributed by atoms with Gasteiger partial charge in [-0.05, 0) is 39.2 Å². The molecule has 266 valence electrons. The molecule has 0 unspecified atom stereocenters. The molecule has 0 fully saturated rings. The van der Waals surface area contributed by atoms with Crippen molar-refractivity contribution in [2.75, 3.05) is 6.54 Å². The standard InChI is InChI=1S/C29H46N10O9/c1-14(36-27(46)22(16(3)40)39-25(44)18(30)13-21(31)41)23(42)35-15(2)24(43)38-20(12-17-8-5-4-6-9-17)26(45)37-19(28(47)48)10-7-11-34-29(32)33/h4-6,8-9,14-16,18-20,22,40H,7,10-13,30H2,1-3H3,(H2,31,41)(H,35,42)(H,36,46)(H,37,45)(H,38,43)(H,39,44)(H,47,48)(H4,32,33,34)/t14-,15-,16+,18-,19-,20-,22-/m0/s1. The van der Waals surface area contributed by atoms with Gasteiger partial charge in [0.25, 0.3) is 0 Å². The van der Waals surface area contributed by atoms with E-state index in [2.05, 4.69) is 31.6 Å². The summed E-state index contributed by atoms with van der Waals surface area (Å²) in [5.74, 6) is -6.64. The van der Waals surface area contributed by atoms with Crippen molar-refractivity contribution in [2.45, 2.75) is 88.8 Å². The number of nitrogens with one attached hydrogen (secondary N) is 5. The smallest absolute Gasteiger partial charge is 0.326 e. The van der Waals surface area contributed by atoms with E-state index in [0.717, 1.165) is 0 Å². The number of carbonyl (C=O) groups is 7. The van der Waals surface area contributed by atoms with E-state index in [-0.39, 0.29) is 31.8 Å². The van der Waals surface area contributed by atoms with Crippen LogP contribution in [-0.2, 0) is 40.0 Å². The predicted octanol–water partition coefficient (Wildman–Crippen LogP) is -4.59. The normalized spacial score (nSPS) is 15.1. The Kier molecular flexibility index (Phi) is 17.0. The van der Waals surface area contributed by atoms with Crippen molar-refractivity contribution in [1.82, 2.24) is 26.6 Å². The van der Waals surface area contributed by atoms with E-state index in [1.165, 1.54) is 20.8 Å². The van der Waals surface area contributed by atoms with Gasteiger partial charge in [-0.2, -0.15) is 0 Å². The van der Waals surface area contributed by atoms with E-state index in [1.807, 2.05) is 0 Å². The highest BCUT2D eigenvalue weighted by molar-refractivity contribution is 5.96. The molecule has 0 aliphatic heterocycles. The molecule has 0 saturated heterocycles. The van der Waals surface area contributed by atoms with E-state index >= 15 is 0 Å². The molecule has 1 aromatic carbocycles. The molecule has 7 atom stereocenters. The maximum Gasteiger partial charge on any atom is 0.326 e. The fourth-order valence-corrected chi connectivity index (χ4v) is 4.14. The first-order valence-corrected chi connectivity index (χ1v) is 15.0. The summed E-state index contributed by atoms with van der Waals surface area (Å²) < 4.78 is 0. The molecule has 0 aromatic heterocycles. The number of nitrogens with two attached hydrogens (primary N) is 4. The number of aliphatic hydroxyl groups is 1. The highest BCUT2D eigenvalue weighted by Gasteiger charge is 2.32. The number of nitrogens with zero attached hydrogens (tertiary/aromatic N) is 1. The number of aliphatic imine (C=N–C) groups is 1. The number of primary amides is 1. The van der Waals surface area contributed by atoms with Gasteiger partial charge in [0.2, 0.25) is 35.4 Å². The van der Waals surface area contributed by atoms with Crippen LogP contribution in [0.5, 0.6) is 0 Å². The fraction of sp³-hybridized carbons (Fsp3) is 0.517. The Bertz CT molecular complexity index is 1320. The summed E-state index contributed by atoms with van der Waals surface area (Å²) in [6.45, 7) is 3.95. The second-order valence-electron chi connectivity index (χ2n) is 11.1. The lowest BCUT2D eigenvalue weighted by Gasteiger charge is -2.25. The Balaban J connectivity index is 2.93. The van der Waals surface area contributed by atoms with Crippen molar-refractivity contribution < 1.29 is 43.8 Å². The Hall–Kier alpha value is -5.30. The topological polar surface area (TPSA) is 337 Å². The van der Waals surface area contributed by atoms with Crippen LogP contribution in [-0.4, -0.2) is 106 Å². The van der Waals surface area contributed by atoms with Crippen LogP contribution in [0.15, 0.2) is 35.3 Å². The van der Waals surface area contributed by atoms with Crippen LogP contribution in [0.3, 0.4) is 0 Å². The second-order valence-corrected chi connectivity index (χ2v) is 11.1. The molecular weight excluding hydrogens is 632 g/mol. The SMILES string of the molecule is C[C@H](NC(=O)[C@H](C)NC(=O)[C@@H](NC(=O)[C@@H](N)CC(N)=O)[C@@H](C)O)C(=O)N[C@@H](Cc1ccccc1)C(=O)N[C@@H](CCCN=C(N)N)C(=O)O. The Labute approximate surface area is 277 Å². The summed E-state index contributed by atoms with van der Waals surface area (Å²) in [6, 6.07) is 0.615. The summed E-state index contributed by atoms with van der Waals surface area (Å²) in [5.41, 5.74) is 21.8. The number of amides is 6. The summed E-state index contributed by atoms with van der Waals surface area (Å²) in [7, 11) is 0. The molecule has 0 heterocycles. The van der Waals surface area contributed by atoms with E-state index < -0.39 is 90.2 Å². The van der Waals surface area contributed by atoms with Crippen molar-refractivity contribution in [2.24, 2.45) is 27.9 Å². The number of benzene rings is 1. The van der Waals surface area contributed by atoms with Crippen molar-refractivity contribution in [3.05, 3.63) is 35.9 Å². The van der Waals surface area contributed by atoms with Gasteiger partial charge in [-0.25, -0.2) is 4.79 Å². The Morgan fingerprint density at radius 3 is 1.81 bits per heavy atom. The van der Waals surface area contributed by atoms with E-state index in [4.69, 9.17) is 22.9 Å². The fourth-order valence-electron chi connectivity index (χ4n) is 4.14. The summed E-state index contributed by atoms with van der Waals surface area (Å²) in [4.78, 5) is 90.8. The van der Waals surface area contributed by atoms with Crippen molar-refractivity contribution in [3.63, 3.8) is 0 Å². The Morgan fingerprint density at radius 1 is 0.750 bits per heavy atom. The van der Waals surface area contributed by atoms with E-state index in [9.17, 15) is 43.8 Å². The number of carboxylic acids is 1. The van der Waals surface area contributed by atoms with Gasteiger partial charge in [0, 0.05) is 13.0 Å². The average Bonchev–Trinajstić information content (AvgIpc) is 3.00. The molecule has 15 N–H and O–H groups in total. The molecule has 0 spiro atoms. The van der Waals surface area contributed by atoms with Gasteiger partial charge < -0.3 is 59.7 Å². The van der Waals surface area contributed by atoms with Gasteiger partial charge in [-0.15, -0.1) is 0 Å². The number of hydrogen-bond donors (Lipinski definition) is 11. The van der Waals surface area contributed by atoms with Crippen molar-refractivity contribution in [1.29, 1.82) is 0 Å². The number of guanidine groups is 1. The third-order valence-corrected chi connectivity index (χ3v) is 6.80. The quantitative estimate of drug-likeness (QED) is 0.0353. The molecule has 0 aliphatic rings. The summed E-state index contributed by atoms with van der Waals surface area (Å²) in [6.07, 6.45) is -1.70. The lowest BCUT2D eigenvalue weighted by Crippen LogP contribution is -2.60. The van der Waals surface area contributed by atoms with E-state index in [0.29, 0.717) is 5.56 Å². The predicted molar refractivity (Wildman–Crippen MR) is 172 cm³/mol. The number of aliphatic carboxylic acids is 1. The zero-order valence-electron chi connectivity index (χ0n) is 27.0. The third-order valence-electron chi connectivity index (χ3n) is 6.80. The van der Waals surface area contributed by atoms with Crippen LogP contribution >= 0.6 is 0 Å². The zero-order chi connectivity index (χ0) is 36.6. The highest BCUT2D eigenvalue weighted by Crippen LogP contribution is 2.07. The molecule has 0 saturated carbocycles. The number of rotatable bonds is 20. The van der Waals surface area contributed by atoms with Crippen LogP contribution in [0.4, 0.5) is 0 Å². The van der Waals surface area contributed by atoms with Gasteiger partial charge in [-0.3, -0.25) is 33.8 Å². The van der Waals surface area contributed by atoms with E-state index in [1.54, 1.807) is 30.3 Å². The van der Waals surface area contributed by atoms with Crippen LogP contribution in [0.25, 0.3) is 0 Å². The first kappa shape index (κ1) is 40.7. The van der Waals surface area contributed by atoms with Gasteiger partial charge in [0.15, 0.2) is 5.96 Å². The largest absolute Gasteiger partial charge is 0.480 e. The van der Waals surface area contributed by atoms with Crippen LogP contribution < -0.4 is 49.5 Å². The molecule has 6 amide bonds. The first-order chi connectivity index (χ1) is 22.4. The number of hydrogen-bond acceptors (Lipinski definition) is 10. The molecule has 0 radical (unpaired) electrons. The molecule has 0 aliphatic carbocycles. The number of aliphatic hydroxyl groups excluding tert-OH is 1. The highest BCUT2D eigenvalue weighted by atomic mass is 16.4. The molecule has 19 heteroatoms. The molecular formula is C29H46N10O9. The van der Waals surface area contributed by atoms with Crippen molar-refractivity contribution in [3.8, 4) is 0 Å². The van der Waals surface area contributed by atoms with Crippen LogP contribution in [0.2, 0.25) is 0 Å². The van der Waals surface area contributed by atoms with Gasteiger partial charge >= 0.3 is 5.97 Å². The molecule has 19 nitrogen and oxygen atoms in total. The van der Waals surface area contributed by atoms with Gasteiger partial charge in [-0.1, -0.05) is 30.3 Å². The second kappa shape index (κ2) is 20.0. The maximum absolute atomic E-state index is 13.2. The minimum atomic E-state index is -1.55. The van der Waals surface area contributed by atoms with Gasteiger partial charge in [0.05, 0.1) is 18.6 Å². The summed E-state index contributed by atoms with van der Waals surface area (Å²) >= 11 is 0. The lowest BCUT2D eigenvalue weighted by molar-refractivity contribution is -0.142. The number of carboxylic acid groups (broad SMARTS) is 1. The first-order valence-electron chi connectivity index (χ1n) is 15.0. The zero-order valence-corrected chi connectivity index (χ0v) is 27.0. The number of carbonyl (C=O) groups excluding carboxylic acids is 6.